The minimum absolute atomic E-state index is 0.0153. The van der Waals surface area contributed by atoms with Crippen LogP contribution >= 0.6 is 0 Å². The van der Waals surface area contributed by atoms with Crippen LogP contribution in [0.25, 0.3) is 11.0 Å². The van der Waals surface area contributed by atoms with Gasteiger partial charge in [0.1, 0.15) is 5.69 Å². The number of ether oxygens (including phenoxy) is 1. The van der Waals surface area contributed by atoms with Gasteiger partial charge in [-0.3, -0.25) is 14.4 Å². The highest BCUT2D eigenvalue weighted by molar-refractivity contribution is 5.81. The number of para-hydroxylation sites is 2. The molecule has 0 aliphatic heterocycles. The summed E-state index contributed by atoms with van der Waals surface area (Å²) < 4.78 is 6.88. The van der Waals surface area contributed by atoms with Crippen LogP contribution in [0.3, 0.4) is 0 Å². The van der Waals surface area contributed by atoms with Gasteiger partial charge in [0.15, 0.2) is 6.61 Å². The van der Waals surface area contributed by atoms with E-state index < -0.39 is 5.97 Å². The maximum Gasteiger partial charge on any atom is 0.306 e. The van der Waals surface area contributed by atoms with Gasteiger partial charge < -0.3 is 14.6 Å². The molecule has 0 bridgehead atoms. The van der Waals surface area contributed by atoms with Crippen LogP contribution in [0.5, 0.6) is 0 Å². The molecule has 0 radical (unpaired) electrons. The summed E-state index contributed by atoms with van der Waals surface area (Å²) in [5.74, 6) is -0.318. The summed E-state index contributed by atoms with van der Waals surface area (Å²) >= 11 is 0. The molecule has 2 atom stereocenters. The van der Waals surface area contributed by atoms with Gasteiger partial charge in [0.2, 0.25) is 0 Å². The number of unbranched alkanes of at least 4 members (excludes halogenated alkanes) is 1. The second-order valence-electron chi connectivity index (χ2n) is 8.45. The molecule has 1 saturated carbocycles. The van der Waals surface area contributed by atoms with Gasteiger partial charge >= 0.3 is 5.97 Å². The molecular formula is C24H33N3O4. The molecule has 2 aromatic rings. The van der Waals surface area contributed by atoms with Crippen molar-refractivity contribution < 1.29 is 14.3 Å². The number of rotatable bonds is 9. The van der Waals surface area contributed by atoms with Crippen LogP contribution in [0.15, 0.2) is 29.1 Å². The van der Waals surface area contributed by atoms with E-state index in [4.69, 9.17) is 4.74 Å². The number of hydrogen-bond acceptors (Lipinski definition) is 5. The van der Waals surface area contributed by atoms with Crippen molar-refractivity contribution in [2.24, 2.45) is 5.92 Å². The zero-order valence-electron chi connectivity index (χ0n) is 18.6. The zero-order chi connectivity index (χ0) is 22.2. The van der Waals surface area contributed by atoms with E-state index in [-0.39, 0.29) is 37.0 Å². The molecule has 1 aliphatic carbocycles. The fourth-order valence-electron chi connectivity index (χ4n) is 4.16. The number of carbonyl (C=O) groups excluding carboxylic acids is 2. The number of amides is 1. The SMILES string of the molecule is CCCCn1c(=O)c(CCC(=O)OCC(=O)N[C@H]2CCCC[C@@H]2C)nc2ccccc21. The van der Waals surface area contributed by atoms with Gasteiger partial charge in [-0.1, -0.05) is 45.2 Å². The molecule has 0 saturated heterocycles. The second-order valence-corrected chi connectivity index (χ2v) is 8.45. The Bertz CT molecular complexity index is 969. The standard InChI is InChI=1S/C24H33N3O4/c1-3-4-15-27-21-12-8-7-11-19(21)25-20(24(27)30)13-14-23(29)31-16-22(28)26-18-10-6-5-9-17(18)2/h7-8,11-12,17-18H,3-6,9-10,13-16H2,1-2H3,(H,26,28)/t17-,18-/m0/s1. The smallest absolute Gasteiger partial charge is 0.306 e. The summed E-state index contributed by atoms with van der Waals surface area (Å²) in [5.41, 5.74) is 1.74. The van der Waals surface area contributed by atoms with E-state index in [2.05, 4.69) is 24.1 Å². The van der Waals surface area contributed by atoms with Crippen LogP contribution in [-0.2, 0) is 27.3 Å². The number of nitrogens with one attached hydrogen (secondary N) is 1. The highest BCUT2D eigenvalue weighted by Gasteiger charge is 2.23. The first-order valence-corrected chi connectivity index (χ1v) is 11.4. The van der Waals surface area contributed by atoms with Gasteiger partial charge in [-0.05, 0) is 37.3 Å². The van der Waals surface area contributed by atoms with E-state index in [1.54, 1.807) is 4.57 Å². The minimum Gasteiger partial charge on any atom is -0.456 e. The van der Waals surface area contributed by atoms with Gasteiger partial charge in [0.05, 0.1) is 17.5 Å². The average Bonchev–Trinajstić information content (AvgIpc) is 2.77. The van der Waals surface area contributed by atoms with Crippen molar-refractivity contribution in [3.05, 3.63) is 40.3 Å². The van der Waals surface area contributed by atoms with Crippen LogP contribution in [0.4, 0.5) is 0 Å². The summed E-state index contributed by atoms with van der Waals surface area (Å²) in [6.45, 7) is 4.56. The maximum atomic E-state index is 12.9. The molecule has 7 nitrogen and oxygen atoms in total. The van der Waals surface area contributed by atoms with Crippen LogP contribution in [0, 0.1) is 5.92 Å². The van der Waals surface area contributed by atoms with E-state index >= 15 is 0 Å². The summed E-state index contributed by atoms with van der Waals surface area (Å²) in [7, 11) is 0. The Morgan fingerprint density at radius 3 is 2.77 bits per heavy atom. The molecule has 1 fully saturated rings. The Labute approximate surface area is 183 Å². The molecule has 31 heavy (non-hydrogen) atoms. The monoisotopic (exact) mass is 427 g/mol. The maximum absolute atomic E-state index is 12.9. The zero-order valence-corrected chi connectivity index (χ0v) is 18.6. The summed E-state index contributed by atoms with van der Waals surface area (Å²) in [5, 5.41) is 2.97. The number of carbonyl (C=O) groups is 2. The van der Waals surface area contributed by atoms with Crippen molar-refractivity contribution in [1.82, 2.24) is 14.9 Å². The summed E-state index contributed by atoms with van der Waals surface area (Å²) in [4.78, 5) is 41.7. The predicted octanol–water partition coefficient (Wildman–Crippen LogP) is 3.37. The lowest BCUT2D eigenvalue weighted by atomic mass is 9.86. The highest BCUT2D eigenvalue weighted by Crippen LogP contribution is 2.23. The lowest BCUT2D eigenvalue weighted by molar-refractivity contribution is -0.148. The molecule has 3 rings (SSSR count). The number of hydrogen-bond donors (Lipinski definition) is 1. The first-order valence-electron chi connectivity index (χ1n) is 11.4. The van der Waals surface area contributed by atoms with E-state index in [1.165, 1.54) is 6.42 Å². The first-order chi connectivity index (χ1) is 15.0. The lowest BCUT2D eigenvalue weighted by Crippen LogP contribution is -2.42. The van der Waals surface area contributed by atoms with E-state index in [9.17, 15) is 14.4 Å². The number of benzene rings is 1. The molecule has 0 spiro atoms. The lowest BCUT2D eigenvalue weighted by Gasteiger charge is -2.29. The molecular weight excluding hydrogens is 394 g/mol. The quantitative estimate of drug-likeness (QED) is 0.620. The normalized spacial score (nSPS) is 18.6. The third kappa shape index (κ3) is 6.15. The van der Waals surface area contributed by atoms with Crippen LogP contribution in [-0.4, -0.2) is 34.1 Å². The first kappa shape index (κ1) is 23.0. The molecule has 168 valence electrons. The Hall–Kier alpha value is -2.70. The fourth-order valence-corrected chi connectivity index (χ4v) is 4.16. The number of nitrogens with zero attached hydrogens (tertiary/aromatic N) is 2. The van der Waals surface area contributed by atoms with Crippen molar-refractivity contribution in [1.29, 1.82) is 0 Å². The number of fused-ring (bicyclic) bond motifs is 1. The van der Waals surface area contributed by atoms with E-state index in [0.717, 1.165) is 43.1 Å². The summed E-state index contributed by atoms with van der Waals surface area (Å²) in [6, 6.07) is 7.69. The molecule has 0 unspecified atom stereocenters. The fraction of sp³-hybridized carbons (Fsp3) is 0.583. The Kier molecular flexibility index (Phi) is 8.20. The van der Waals surface area contributed by atoms with Crippen molar-refractivity contribution in [2.75, 3.05) is 6.61 Å². The second kappa shape index (κ2) is 11.1. The molecule has 7 heteroatoms. The Morgan fingerprint density at radius 2 is 2.00 bits per heavy atom. The Morgan fingerprint density at radius 1 is 1.23 bits per heavy atom. The van der Waals surface area contributed by atoms with Crippen LogP contribution in [0.2, 0.25) is 0 Å². The third-order valence-electron chi connectivity index (χ3n) is 6.04. The van der Waals surface area contributed by atoms with Crippen molar-refractivity contribution in [3.63, 3.8) is 0 Å². The van der Waals surface area contributed by atoms with Crippen LogP contribution < -0.4 is 10.9 Å². The van der Waals surface area contributed by atoms with Gasteiger partial charge in [-0.2, -0.15) is 0 Å². The molecule has 1 aliphatic rings. The van der Waals surface area contributed by atoms with Gasteiger partial charge in [-0.25, -0.2) is 4.98 Å². The minimum atomic E-state index is -0.499. The molecule has 1 aromatic carbocycles. The summed E-state index contributed by atoms with van der Waals surface area (Å²) in [6.07, 6.45) is 6.47. The van der Waals surface area contributed by atoms with E-state index in [1.807, 2.05) is 24.3 Å². The number of aryl methyl sites for hydroxylation is 2. The highest BCUT2D eigenvalue weighted by atomic mass is 16.5. The van der Waals surface area contributed by atoms with Gasteiger partial charge in [-0.15, -0.1) is 0 Å². The topological polar surface area (TPSA) is 90.3 Å². The predicted molar refractivity (Wildman–Crippen MR) is 120 cm³/mol. The van der Waals surface area contributed by atoms with Gasteiger partial charge in [0, 0.05) is 19.0 Å². The number of esters is 1. The van der Waals surface area contributed by atoms with E-state index in [0.29, 0.717) is 18.2 Å². The van der Waals surface area contributed by atoms with Crippen molar-refractivity contribution in [3.8, 4) is 0 Å². The molecule has 1 aromatic heterocycles. The molecule has 1 amide bonds. The largest absolute Gasteiger partial charge is 0.456 e. The third-order valence-corrected chi connectivity index (χ3v) is 6.04. The number of aromatic nitrogens is 2. The average molecular weight is 428 g/mol. The van der Waals surface area contributed by atoms with Crippen molar-refractivity contribution in [2.45, 2.75) is 77.8 Å². The molecule has 1 N–H and O–H groups in total. The molecule has 1 heterocycles. The van der Waals surface area contributed by atoms with Crippen LogP contribution in [0.1, 0.15) is 64.5 Å². The van der Waals surface area contributed by atoms with Gasteiger partial charge in [0.25, 0.3) is 11.5 Å². The van der Waals surface area contributed by atoms with Crippen molar-refractivity contribution >= 4 is 22.9 Å². The Balaban J connectivity index is 1.56.